The highest BCUT2D eigenvalue weighted by Crippen LogP contribution is 1.87. The number of nitrogens with zero attached hydrogens (tertiary/aromatic N) is 1. The second-order valence-electron chi connectivity index (χ2n) is 1.39. The molecule has 0 aromatic rings. The Hall–Kier alpha value is -1.26. The minimum Gasteiger partial charge on any atom is -0.303 e. The normalized spacial score (nSPS) is 12.0. The molecule has 1 atom stereocenters. The summed E-state index contributed by atoms with van der Waals surface area (Å²) in [5, 5.41) is 9.74. The smallest absolute Gasteiger partial charge is 0.273 e. The lowest BCUT2D eigenvalue weighted by molar-refractivity contribution is -0.503. The summed E-state index contributed by atoms with van der Waals surface area (Å²) in [6.07, 6.45) is 0.159. The van der Waals surface area contributed by atoms with Crippen LogP contribution >= 0.6 is 0 Å². The van der Waals surface area contributed by atoms with E-state index in [9.17, 15) is 19.7 Å². The molecule has 9 heavy (non-hydrogen) atoms. The van der Waals surface area contributed by atoms with Gasteiger partial charge in [-0.15, -0.1) is 0 Å². The highest BCUT2D eigenvalue weighted by Gasteiger charge is 2.16. The van der Waals surface area contributed by atoms with Crippen LogP contribution in [0.3, 0.4) is 0 Å². The van der Waals surface area contributed by atoms with Gasteiger partial charge in [0.05, 0.1) is 6.42 Å². The van der Waals surface area contributed by atoms with Crippen LogP contribution in [0.2, 0.25) is 0 Å². The van der Waals surface area contributed by atoms with Gasteiger partial charge in [-0.2, -0.15) is 0 Å². The lowest BCUT2D eigenvalue weighted by Gasteiger charge is -1.92. The van der Waals surface area contributed by atoms with Crippen LogP contribution in [-0.4, -0.2) is 23.5 Å². The Bertz CT molecular complexity index is 133. The van der Waals surface area contributed by atoms with Crippen LogP contribution in [0, 0.1) is 10.1 Å². The van der Waals surface area contributed by atoms with Crippen molar-refractivity contribution in [3.63, 3.8) is 0 Å². The largest absolute Gasteiger partial charge is 0.303 e. The van der Waals surface area contributed by atoms with E-state index in [2.05, 4.69) is 0 Å². The standard InChI is InChI=1S/C4H5NO4/c6-2-1-4(3-7)5(8)9/h2-4H,1H2. The molecule has 0 radical (unpaired) electrons. The fourth-order valence-electron chi connectivity index (χ4n) is 0.290. The first-order chi connectivity index (χ1) is 4.22. The average Bonchev–Trinajstić information content (AvgIpc) is 1.82. The third kappa shape index (κ3) is 2.53. The third-order valence-electron chi connectivity index (χ3n) is 0.766. The molecule has 0 amide bonds. The van der Waals surface area contributed by atoms with E-state index in [1.807, 2.05) is 0 Å². The van der Waals surface area contributed by atoms with Crippen molar-refractivity contribution in [2.75, 3.05) is 0 Å². The van der Waals surface area contributed by atoms with E-state index in [1.54, 1.807) is 0 Å². The molecular formula is C4H5NO4. The monoisotopic (exact) mass is 131 g/mol. The number of rotatable bonds is 4. The first kappa shape index (κ1) is 7.74. The molecule has 5 heteroatoms. The highest BCUT2D eigenvalue weighted by molar-refractivity contribution is 5.63. The minimum atomic E-state index is -1.36. The maximum Gasteiger partial charge on any atom is 0.273 e. The van der Waals surface area contributed by atoms with Crippen LogP contribution in [-0.2, 0) is 9.59 Å². The Morgan fingerprint density at radius 2 is 2.11 bits per heavy atom. The molecule has 0 bridgehead atoms. The van der Waals surface area contributed by atoms with Crippen LogP contribution in [0.4, 0.5) is 0 Å². The number of hydrogen-bond donors (Lipinski definition) is 0. The van der Waals surface area contributed by atoms with Gasteiger partial charge in [-0.1, -0.05) is 0 Å². The van der Waals surface area contributed by atoms with Gasteiger partial charge >= 0.3 is 0 Å². The van der Waals surface area contributed by atoms with Crippen molar-refractivity contribution in [2.45, 2.75) is 12.5 Å². The molecule has 5 nitrogen and oxygen atoms in total. The first-order valence-electron chi connectivity index (χ1n) is 2.24. The quantitative estimate of drug-likeness (QED) is 0.290. The maximum absolute atomic E-state index is 9.74. The predicted octanol–water partition coefficient (Wildman–Crippen LogP) is -0.580. The van der Waals surface area contributed by atoms with E-state index >= 15 is 0 Å². The number of aldehydes is 2. The second-order valence-corrected chi connectivity index (χ2v) is 1.39. The Morgan fingerprint density at radius 3 is 2.22 bits per heavy atom. The molecule has 1 unspecified atom stereocenters. The summed E-state index contributed by atoms with van der Waals surface area (Å²) >= 11 is 0. The molecule has 0 rings (SSSR count). The van der Waals surface area contributed by atoms with Gasteiger partial charge in [0.1, 0.15) is 6.29 Å². The van der Waals surface area contributed by atoms with Crippen molar-refractivity contribution in [3.05, 3.63) is 10.1 Å². The minimum absolute atomic E-state index is 0.147. The lowest BCUT2D eigenvalue weighted by atomic mass is 10.3. The van der Waals surface area contributed by atoms with E-state index in [0.29, 0.717) is 6.29 Å². The van der Waals surface area contributed by atoms with Crippen LogP contribution in [0.25, 0.3) is 0 Å². The fourth-order valence-corrected chi connectivity index (χ4v) is 0.290. The number of nitro groups is 1. The summed E-state index contributed by atoms with van der Waals surface area (Å²) in [5.74, 6) is 0. The Morgan fingerprint density at radius 1 is 1.56 bits per heavy atom. The van der Waals surface area contributed by atoms with Crippen LogP contribution in [0.15, 0.2) is 0 Å². The molecule has 0 heterocycles. The Balaban J connectivity index is 3.81. The van der Waals surface area contributed by atoms with Crippen molar-refractivity contribution in [1.82, 2.24) is 0 Å². The molecule has 0 aliphatic heterocycles. The Labute approximate surface area is 50.8 Å². The summed E-state index contributed by atoms with van der Waals surface area (Å²) in [7, 11) is 0. The molecular weight excluding hydrogens is 126 g/mol. The zero-order valence-corrected chi connectivity index (χ0v) is 4.52. The summed E-state index contributed by atoms with van der Waals surface area (Å²) < 4.78 is 0. The van der Waals surface area contributed by atoms with Crippen molar-refractivity contribution in [2.24, 2.45) is 0 Å². The zero-order chi connectivity index (χ0) is 7.28. The SMILES string of the molecule is O=CCC(C=O)[N+](=O)[O-]. The van der Waals surface area contributed by atoms with E-state index < -0.39 is 11.0 Å². The molecule has 0 saturated heterocycles. The van der Waals surface area contributed by atoms with E-state index in [1.165, 1.54) is 0 Å². The summed E-state index contributed by atoms with van der Waals surface area (Å²) in [6.45, 7) is 0. The van der Waals surface area contributed by atoms with Crippen molar-refractivity contribution < 1.29 is 14.5 Å². The van der Waals surface area contributed by atoms with Crippen LogP contribution in [0.1, 0.15) is 6.42 Å². The van der Waals surface area contributed by atoms with Gasteiger partial charge in [0, 0.05) is 4.92 Å². The number of carbonyl (C=O) groups excluding carboxylic acids is 2. The lowest BCUT2D eigenvalue weighted by Crippen LogP contribution is -2.20. The third-order valence-corrected chi connectivity index (χ3v) is 0.766. The van der Waals surface area contributed by atoms with Gasteiger partial charge in [-0.05, 0) is 0 Å². The molecule has 0 aliphatic rings. The van der Waals surface area contributed by atoms with Gasteiger partial charge in [0.2, 0.25) is 0 Å². The molecule has 0 N–H and O–H groups in total. The summed E-state index contributed by atoms with van der Waals surface area (Å²) in [4.78, 5) is 28.3. The average molecular weight is 131 g/mol. The van der Waals surface area contributed by atoms with Crippen LogP contribution in [0.5, 0.6) is 0 Å². The van der Waals surface area contributed by atoms with E-state index in [0.717, 1.165) is 0 Å². The topological polar surface area (TPSA) is 77.3 Å². The van der Waals surface area contributed by atoms with E-state index in [4.69, 9.17) is 0 Å². The summed E-state index contributed by atoms with van der Waals surface area (Å²) in [6, 6.07) is -1.36. The molecule has 0 saturated carbocycles. The molecule has 0 aliphatic carbocycles. The molecule has 0 spiro atoms. The second kappa shape index (κ2) is 3.71. The van der Waals surface area contributed by atoms with Crippen molar-refractivity contribution in [1.29, 1.82) is 0 Å². The molecule has 0 aromatic carbocycles. The van der Waals surface area contributed by atoms with Crippen molar-refractivity contribution >= 4 is 12.6 Å². The molecule has 50 valence electrons. The van der Waals surface area contributed by atoms with Crippen molar-refractivity contribution in [3.8, 4) is 0 Å². The number of hydrogen-bond acceptors (Lipinski definition) is 4. The molecule has 0 fully saturated rings. The maximum atomic E-state index is 9.74. The van der Waals surface area contributed by atoms with Gasteiger partial charge in [-0.25, -0.2) is 0 Å². The fraction of sp³-hybridized carbons (Fsp3) is 0.500. The van der Waals surface area contributed by atoms with E-state index in [-0.39, 0.29) is 12.7 Å². The Kier molecular flexibility index (Phi) is 3.19. The number of carbonyl (C=O) groups is 2. The van der Waals surface area contributed by atoms with Crippen LogP contribution < -0.4 is 0 Å². The van der Waals surface area contributed by atoms with Gasteiger partial charge in [0.15, 0.2) is 6.29 Å². The predicted molar refractivity (Wildman–Crippen MR) is 27.5 cm³/mol. The van der Waals surface area contributed by atoms with Gasteiger partial charge < -0.3 is 4.79 Å². The molecule has 0 aromatic heterocycles. The first-order valence-corrected chi connectivity index (χ1v) is 2.24. The highest BCUT2D eigenvalue weighted by atomic mass is 16.6. The van der Waals surface area contributed by atoms with Gasteiger partial charge in [-0.3, -0.25) is 14.9 Å². The zero-order valence-electron chi connectivity index (χ0n) is 4.52. The summed E-state index contributed by atoms with van der Waals surface area (Å²) in [5.41, 5.74) is 0. The van der Waals surface area contributed by atoms with Gasteiger partial charge in [0.25, 0.3) is 6.04 Å².